The van der Waals surface area contributed by atoms with Gasteiger partial charge in [0, 0.05) is 13.0 Å². The first-order chi connectivity index (χ1) is 8.69. The van der Waals surface area contributed by atoms with E-state index in [1.54, 1.807) is 0 Å². The van der Waals surface area contributed by atoms with Crippen LogP contribution in [0.15, 0.2) is 21.1 Å². The van der Waals surface area contributed by atoms with Crippen molar-refractivity contribution in [2.75, 3.05) is 13.7 Å². The normalized spacial score (nSPS) is 10.1. The van der Waals surface area contributed by atoms with Crippen LogP contribution in [0.1, 0.15) is 24.8 Å². The zero-order chi connectivity index (χ0) is 13.4. The molecule has 5 heteroatoms. The fraction of sp³-hybridized carbons (Fsp3) is 0.462. The van der Waals surface area contributed by atoms with Gasteiger partial charge in [0.1, 0.15) is 5.75 Å². The van der Waals surface area contributed by atoms with Crippen LogP contribution in [0.25, 0.3) is 0 Å². The molecule has 0 fully saturated rings. The van der Waals surface area contributed by atoms with Crippen molar-refractivity contribution in [3.63, 3.8) is 0 Å². The first kappa shape index (κ1) is 15.5. The van der Waals surface area contributed by atoms with Crippen molar-refractivity contribution in [2.24, 2.45) is 0 Å². The summed E-state index contributed by atoms with van der Waals surface area (Å²) in [4.78, 5) is 0. The molecule has 0 bridgehead atoms. The molecular formula is C13H16Br2N2O. The van der Waals surface area contributed by atoms with E-state index >= 15 is 0 Å². The molecule has 0 saturated carbocycles. The van der Waals surface area contributed by atoms with Gasteiger partial charge in [0.05, 0.1) is 21.6 Å². The molecule has 1 aromatic carbocycles. The van der Waals surface area contributed by atoms with E-state index in [4.69, 9.17) is 10.00 Å². The van der Waals surface area contributed by atoms with Gasteiger partial charge in [-0.3, -0.25) is 0 Å². The van der Waals surface area contributed by atoms with Crippen LogP contribution < -0.4 is 10.1 Å². The molecule has 1 rings (SSSR count). The Morgan fingerprint density at radius 2 is 1.94 bits per heavy atom. The number of nitrogens with one attached hydrogen (secondary N) is 1. The predicted octanol–water partition coefficient (Wildman–Crippen LogP) is 4.00. The minimum absolute atomic E-state index is 0.590. The molecule has 1 N–H and O–H groups in total. The molecule has 0 aliphatic carbocycles. The van der Waals surface area contributed by atoms with Crippen molar-refractivity contribution in [2.45, 2.75) is 25.8 Å². The standard InChI is InChI=1S/C13H16Br2N2O/c1-17-9-10-7-11(14)13(12(15)8-10)18-6-4-2-3-5-16/h7-8,17H,2-4,6,9H2,1H3. The molecule has 98 valence electrons. The summed E-state index contributed by atoms with van der Waals surface area (Å²) >= 11 is 7.03. The fourth-order valence-corrected chi connectivity index (χ4v) is 3.05. The molecule has 1 aromatic rings. The van der Waals surface area contributed by atoms with E-state index in [-0.39, 0.29) is 0 Å². The van der Waals surface area contributed by atoms with E-state index in [1.807, 2.05) is 19.2 Å². The predicted molar refractivity (Wildman–Crippen MR) is 79.6 cm³/mol. The summed E-state index contributed by atoms with van der Waals surface area (Å²) in [7, 11) is 1.92. The van der Waals surface area contributed by atoms with Crippen molar-refractivity contribution in [1.29, 1.82) is 5.26 Å². The quantitative estimate of drug-likeness (QED) is 0.732. The minimum atomic E-state index is 0.590. The van der Waals surface area contributed by atoms with Gasteiger partial charge in [0.25, 0.3) is 0 Å². The Hall–Kier alpha value is -0.570. The van der Waals surface area contributed by atoms with Crippen LogP contribution >= 0.6 is 31.9 Å². The summed E-state index contributed by atoms with van der Waals surface area (Å²) in [5.74, 6) is 0.826. The maximum atomic E-state index is 8.44. The van der Waals surface area contributed by atoms with Gasteiger partial charge in [-0.2, -0.15) is 5.26 Å². The fourth-order valence-electron chi connectivity index (χ4n) is 1.54. The van der Waals surface area contributed by atoms with Crippen molar-refractivity contribution < 1.29 is 4.74 Å². The molecule has 0 aromatic heterocycles. The summed E-state index contributed by atoms with van der Waals surface area (Å²) < 4.78 is 7.62. The average molecular weight is 376 g/mol. The maximum Gasteiger partial charge on any atom is 0.147 e. The van der Waals surface area contributed by atoms with Gasteiger partial charge in [0.2, 0.25) is 0 Å². The number of nitrogens with zero attached hydrogens (tertiary/aromatic N) is 1. The van der Waals surface area contributed by atoms with Crippen LogP contribution in [-0.4, -0.2) is 13.7 Å². The molecule has 0 aliphatic heterocycles. The molecule has 3 nitrogen and oxygen atoms in total. The van der Waals surface area contributed by atoms with Gasteiger partial charge in [-0.05, 0) is 69.4 Å². The second-order valence-corrected chi connectivity index (χ2v) is 5.59. The van der Waals surface area contributed by atoms with Gasteiger partial charge >= 0.3 is 0 Å². The molecule has 0 aliphatic rings. The number of ether oxygens (including phenoxy) is 1. The molecule has 0 saturated heterocycles. The highest BCUT2D eigenvalue weighted by atomic mass is 79.9. The maximum absolute atomic E-state index is 8.44. The lowest BCUT2D eigenvalue weighted by Crippen LogP contribution is -2.06. The van der Waals surface area contributed by atoms with Crippen LogP contribution in [0.3, 0.4) is 0 Å². The van der Waals surface area contributed by atoms with E-state index in [2.05, 4.69) is 43.2 Å². The summed E-state index contributed by atoms with van der Waals surface area (Å²) in [6, 6.07) is 6.22. The van der Waals surface area contributed by atoms with Crippen LogP contribution in [0.4, 0.5) is 0 Å². The van der Waals surface area contributed by atoms with E-state index in [0.29, 0.717) is 13.0 Å². The third-order valence-electron chi connectivity index (χ3n) is 2.37. The van der Waals surface area contributed by atoms with E-state index in [9.17, 15) is 0 Å². The Kier molecular flexibility index (Phi) is 7.33. The zero-order valence-corrected chi connectivity index (χ0v) is 13.5. The number of nitriles is 1. The second kappa shape index (κ2) is 8.52. The highest BCUT2D eigenvalue weighted by Crippen LogP contribution is 2.34. The highest BCUT2D eigenvalue weighted by Gasteiger charge is 2.08. The summed E-state index contributed by atoms with van der Waals surface area (Å²) in [5.41, 5.74) is 1.19. The lowest BCUT2D eigenvalue weighted by molar-refractivity contribution is 0.304. The second-order valence-electron chi connectivity index (χ2n) is 3.88. The van der Waals surface area contributed by atoms with Crippen LogP contribution in [0.5, 0.6) is 5.75 Å². The summed E-state index contributed by atoms with van der Waals surface area (Å²) in [6.45, 7) is 1.45. The Labute approximate surface area is 125 Å². The molecular weight excluding hydrogens is 360 g/mol. The van der Waals surface area contributed by atoms with Crippen LogP contribution in [-0.2, 0) is 6.54 Å². The van der Waals surface area contributed by atoms with Crippen molar-refractivity contribution in [1.82, 2.24) is 5.32 Å². The monoisotopic (exact) mass is 374 g/mol. The van der Waals surface area contributed by atoms with Gasteiger partial charge in [0.15, 0.2) is 0 Å². The largest absolute Gasteiger partial charge is 0.491 e. The summed E-state index contributed by atoms with van der Waals surface area (Å²) in [6.07, 6.45) is 2.36. The zero-order valence-electron chi connectivity index (χ0n) is 10.3. The molecule has 0 radical (unpaired) electrons. The lowest BCUT2D eigenvalue weighted by atomic mass is 10.2. The third-order valence-corrected chi connectivity index (χ3v) is 3.55. The topological polar surface area (TPSA) is 45.0 Å². The molecule has 0 unspecified atom stereocenters. The molecule has 0 atom stereocenters. The smallest absolute Gasteiger partial charge is 0.147 e. The van der Waals surface area contributed by atoms with Crippen molar-refractivity contribution in [3.05, 3.63) is 26.6 Å². The number of rotatable bonds is 7. The first-order valence-electron chi connectivity index (χ1n) is 5.81. The third kappa shape index (κ3) is 4.97. The van der Waals surface area contributed by atoms with Crippen LogP contribution in [0.2, 0.25) is 0 Å². The molecule has 0 amide bonds. The first-order valence-corrected chi connectivity index (χ1v) is 7.40. The Morgan fingerprint density at radius 3 is 2.50 bits per heavy atom. The Bertz CT molecular complexity index is 406. The van der Waals surface area contributed by atoms with E-state index in [0.717, 1.165) is 34.1 Å². The van der Waals surface area contributed by atoms with Crippen molar-refractivity contribution in [3.8, 4) is 11.8 Å². The van der Waals surface area contributed by atoms with Crippen LogP contribution in [0, 0.1) is 11.3 Å². The minimum Gasteiger partial charge on any atom is -0.491 e. The van der Waals surface area contributed by atoms with Gasteiger partial charge < -0.3 is 10.1 Å². The average Bonchev–Trinajstić information content (AvgIpc) is 2.32. The van der Waals surface area contributed by atoms with Gasteiger partial charge in [-0.1, -0.05) is 0 Å². The van der Waals surface area contributed by atoms with Gasteiger partial charge in [-0.25, -0.2) is 0 Å². The van der Waals surface area contributed by atoms with E-state index < -0.39 is 0 Å². The number of benzene rings is 1. The van der Waals surface area contributed by atoms with E-state index in [1.165, 1.54) is 5.56 Å². The molecule has 0 spiro atoms. The molecule has 0 heterocycles. The highest BCUT2D eigenvalue weighted by molar-refractivity contribution is 9.11. The number of unbranched alkanes of at least 4 members (excludes halogenated alkanes) is 2. The SMILES string of the molecule is CNCc1cc(Br)c(OCCCCC#N)c(Br)c1. The van der Waals surface area contributed by atoms with Crippen molar-refractivity contribution >= 4 is 31.9 Å². The number of hydrogen-bond acceptors (Lipinski definition) is 3. The lowest BCUT2D eigenvalue weighted by Gasteiger charge is -2.12. The Morgan fingerprint density at radius 1 is 1.28 bits per heavy atom. The number of halogens is 2. The summed E-state index contributed by atoms with van der Waals surface area (Å²) in [5, 5.41) is 11.6. The Balaban J connectivity index is 2.58. The number of hydrogen-bond donors (Lipinski definition) is 1. The molecule has 18 heavy (non-hydrogen) atoms. The van der Waals surface area contributed by atoms with Gasteiger partial charge in [-0.15, -0.1) is 0 Å².